The first kappa shape index (κ1) is 13.4. The van der Waals surface area contributed by atoms with Gasteiger partial charge in [0.05, 0.1) is 0 Å². The maximum Gasteiger partial charge on any atom is 0.0486 e. The second-order valence-corrected chi connectivity index (χ2v) is 6.42. The molecule has 0 amide bonds. The van der Waals surface area contributed by atoms with Crippen LogP contribution in [0.15, 0.2) is 35.6 Å². The molecule has 0 fully saturated rings. The Labute approximate surface area is 129 Å². The number of rotatable bonds is 2. The van der Waals surface area contributed by atoms with Crippen LogP contribution in [0, 0.1) is 5.92 Å². The zero-order valence-corrected chi connectivity index (χ0v) is 12.9. The lowest BCUT2D eigenvalue weighted by atomic mass is 9.80. The van der Waals surface area contributed by atoms with Gasteiger partial charge in [-0.2, -0.15) is 0 Å². The fraction of sp³-hybridized carbons (Fsp3) is 0.412. The fourth-order valence-corrected chi connectivity index (χ4v) is 4.08. The van der Waals surface area contributed by atoms with Crippen molar-refractivity contribution in [1.82, 2.24) is 9.47 Å². The zero-order valence-electron chi connectivity index (χ0n) is 12.9. The number of hydrogen-bond donors (Lipinski definition) is 0. The highest BCUT2D eigenvalue weighted by atomic mass is 15.2. The van der Waals surface area contributed by atoms with E-state index in [1.807, 2.05) is 0 Å². The first-order valence-corrected chi connectivity index (χ1v) is 7.69. The van der Waals surface area contributed by atoms with Crippen molar-refractivity contribution in [2.45, 2.75) is 12.5 Å². The molecule has 2 aromatic rings. The van der Waals surface area contributed by atoms with E-state index >= 15 is 0 Å². The normalized spacial score (nSPS) is 23.8. The molecule has 1 aromatic heterocycles. The van der Waals surface area contributed by atoms with Gasteiger partial charge in [0.2, 0.25) is 0 Å². The van der Waals surface area contributed by atoms with Gasteiger partial charge in [-0.05, 0) is 47.7 Å². The Kier molecular flexibility index (Phi) is 2.99. The summed E-state index contributed by atoms with van der Waals surface area (Å²) in [5.41, 5.74) is 14.1. The molecular formula is C17H19N5. The topological polar surface area (TPSA) is 56.9 Å². The molecule has 4 rings (SSSR count). The Morgan fingerprint density at radius 3 is 3.05 bits per heavy atom. The van der Waals surface area contributed by atoms with Crippen molar-refractivity contribution in [2.75, 3.05) is 20.1 Å². The van der Waals surface area contributed by atoms with Gasteiger partial charge in [0, 0.05) is 48.2 Å². The zero-order chi connectivity index (χ0) is 15.3. The summed E-state index contributed by atoms with van der Waals surface area (Å²) in [6, 6.07) is 6.99. The summed E-state index contributed by atoms with van der Waals surface area (Å²) in [7, 11) is 4.29. The second-order valence-electron chi connectivity index (χ2n) is 6.42. The Morgan fingerprint density at radius 1 is 1.36 bits per heavy atom. The first-order valence-electron chi connectivity index (χ1n) is 7.69. The third-order valence-corrected chi connectivity index (χ3v) is 5.03. The van der Waals surface area contributed by atoms with Gasteiger partial charge in [0.15, 0.2) is 0 Å². The van der Waals surface area contributed by atoms with Gasteiger partial charge in [-0.15, -0.1) is 0 Å². The summed E-state index contributed by atoms with van der Waals surface area (Å²) >= 11 is 0. The molecule has 0 bridgehead atoms. The molecule has 0 N–H and O–H groups in total. The summed E-state index contributed by atoms with van der Waals surface area (Å²) in [5.74, 6) is 0.299. The number of aromatic nitrogens is 1. The molecule has 1 aliphatic carbocycles. The van der Waals surface area contributed by atoms with Crippen LogP contribution in [0.3, 0.4) is 0 Å². The number of nitrogens with zero attached hydrogens (tertiary/aromatic N) is 5. The molecule has 0 unspecified atom stereocenters. The maximum atomic E-state index is 8.57. The Balaban J connectivity index is 1.89. The lowest BCUT2D eigenvalue weighted by Crippen LogP contribution is -2.43. The molecule has 0 radical (unpaired) electrons. The molecule has 0 saturated carbocycles. The Morgan fingerprint density at radius 2 is 2.23 bits per heavy atom. The quantitative estimate of drug-likeness (QED) is 0.476. The number of fused-ring (bicyclic) bond motifs is 2. The maximum absolute atomic E-state index is 8.57. The number of likely N-dealkylation sites (N-methyl/N-ethyl adjacent to an activating group) is 1. The number of azide groups is 1. The molecule has 0 saturated heterocycles. The van der Waals surface area contributed by atoms with Crippen LogP contribution in [0.2, 0.25) is 0 Å². The summed E-state index contributed by atoms with van der Waals surface area (Å²) in [6.07, 6.45) is 5.67. The lowest BCUT2D eigenvalue weighted by Gasteiger charge is -2.39. The molecule has 2 heterocycles. The number of benzene rings is 1. The van der Waals surface area contributed by atoms with Gasteiger partial charge in [0.25, 0.3) is 0 Å². The van der Waals surface area contributed by atoms with E-state index in [0.29, 0.717) is 18.5 Å². The van der Waals surface area contributed by atoms with Crippen molar-refractivity contribution in [3.63, 3.8) is 0 Å². The molecule has 22 heavy (non-hydrogen) atoms. The largest absolute Gasteiger partial charge is 0.350 e. The third-order valence-electron chi connectivity index (χ3n) is 5.03. The smallest absolute Gasteiger partial charge is 0.0486 e. The van der Waals surface area contributed by atoms with E-state index in [9.17, 15) is 0 Å². The highest BCUT2D eigenvalue weighted by Gasteiger charge is 2.33. The van der Waals surface area contributed by atoms with Crippen LogP contribution in [-0.2, 0) is 13.5 Å². The van der Waals surface area contributed by atoms with E-state index in [4.69, 9.17) is 5.53 Å². The van der Waals surface area contributed by atoms with E-state index in [-0.39, 0.29) is 0 Å². The van der Waals surface area contributed by atoms with Crippen molar-refractivity contribution in [2.24, 2.45) is 18.1 Å². The molecule has 1 aliphatic heterocycles. The van der Waals surface area contributed by atoms with Gasteiger partial charge in [-0.25, -0.2) is 0 Å². The minimum absolute atomic E-state index is 0.299. The second kappa shape index (κ2) is 4.90. The van der Waals surface area contributed by atoms with Crippen LogP contribution in [0.5, 0.6) is 0 Å². The first-order chi connectivity index (χ1) is 10.7. The minimum atomic E-state index is 0.299. The van der Waals surface area contributed by atoms with Gasteiger partial charge in [0.1, 0.15) is 0 Å². The van der Waals surface area contributed by atoms with Gasteiger partial charge in [-0.3, -0.25) is 4.90 Å². The SMILES string of the molecule is CN1C[C@H](CN=[N+]=[N-])C=C2c3cccc4c3c(cn4C)C[C@H]21. The highest BCUT2D eigenvalue weighted by molar-refractivity contribution is 5.98. The van der Waals surface area contributed by atoms with Crippen molar-refractivity contribution in [3.05, 3.63) is 52.0 Å². The van der Waals surface area contributed by atoms with Crippen LogP contribution in [-0.4, -0.2) is 35.6 Å². The summed E-state index contributed by atoms with van der Waals surface area (Å²) in [4.78, 5) is 5.32. The molecule has 1 aromatic carbocycles. The molecule has 112 valence electrons. The Bertz CT molecular complexity index is 825. The molecule has 2 atom stereocenters. The van der Waals surface area contributed by atoms with Gasteiger partial charge < -0.3 is 4.57 Å². The minimum Gasteiger partial charge on any atom is -0.350 e. The van der Waals surface area contributed by atoms with Crippen LogP contribution in [0.1, 0.15) is 11.1 Å². The van der Waals surface area contributed by atoms with E-state index in [1.165, 1.54) is 27.6 Å². The Hall–Kier alpha value is -2.23. The van der Waals surface area contributed by atoms with E-state index in [2.05, 4.69) is 64.1 Å². The van der Waals surface area contributed by atoms with Crippen molar-refractivity contribution < 1.29 is 0 Å². The highest BCUT2D eigenvalue weighted by Crippen LogP contribution is 2.41. The standard InChI is InChI=1S/C17H19N5/c1-21-9-11(8-19-20-18)6-14-13-4-3-5-15-17(13)12(7-16(14)21)10-22(15)2/h3-6,10-11,16H,7-9H2,1-2H3/t11-,16+/m0/s1. The number of hydrogen-bond acceptors (Lipinski definition) is 2. The average Bonchev–Trinajstić information content (AvgIpc) is 2.84. The van der Waals surface area contributed by atoms with Crippen LogP contribution in [0.25, 0.3) is 26.9 Å². The molecule has 0 spiro atoms. The predicted octanol–water partition coefficient (Wildman–Crippen LogP) is 3.36. The van der Waals surface area contributed by atoms with E-state index < -0.39 is 0 Å². The summed E-state index contributed by atoms with van der Waals surface area (Å²) < 4.78 is 2.23. The third kappa shape index (κ3) is 1.86. The molecule has 5 nitrogen and oxygen atoms in total. The monoisotopic (exact) mass is 293 g/mol. The van der Waals surface area contributed by atoms with E-state index in [1.54, 1.807) is 0 Å². The number of aryl methyl sites for hydroxylation is 1. The molecule has 5 heteroatoms. The molecular weight excluding hydrogens is 274 g/mol. The van der Waals surface area contributed by atoms with Gasteiger partial charge in [-0.1, -0.05) is 23.3 Å². The molecule has 2 aliphatic rings. The fourth-order valence-electron chi connectivity index (χ4n) is 4.08. The van der Waals surface area contributed by atoms with Crippen molar-refractivity contribution in [3.8, 4) is 0 Å². The van der Waals surface area contributed by atoms with Gasteiger partial charge >= 0.3 is 0 Å². The average molecular weight is 293 g/mol. The van der Waals surface area contributed by atoms with Crippen molar-refractivity contribution in [1.29, 1.82) is 0 Å². The van der Waals surface area contributed by atoms with Crippen molar-refractivity contribution >= 4 is 16.5 Å². The summed E-state index contributed by atoms with van der Waals surface area (Å²) in [6.45, 7) is 1.49. The van der Waals surface area contributed by atoms with Crippen LogP contribution >= 0.6 is 0 Å². The summed E-state index contributed by atoms with van der Waals surface area (Å²) in [5, 5.41) is 5.16. The predicted molar refractivity (Wildman–Crippen MR) is 88.5 cm³/mol. The van der Waals surface area contributed by atoms with E-state index in [0.717, 1.165) is 13.0 Å². The lowest BCUT2D eigenvalue weighted by molar-refractivity contribution is 0.247. The van der Waals surface area contributed by atoms with Crippen LogP contribution < -0.4 is 0 Å². The van der Waals surface area contributed by atoms with Crippen LogP contribution in [0.4, 0.5) is 0 Å².